The third-order valence-corrected chi connectivity index (χ3v) is 4.17. The van der Waals surface area contributed by atoms with Crippen molar-refractivity contribution in [2.45, 2.75) is 32.5 Å². The minimum absolute atomic E-state index is 0.0409. The van der Waals surface area contributed by atoms with E-state index in [4.69, 9.17) is 21.1 Å². The SMILES string of the molecule is CCC(CO)NCc1cc(Cl)c(OCc2ccc(F)cc2)c(OC)c1. The summed E-state index contributed by atoms with van der Waals surface area (Å²) in [6.45, 7) is 2.91. The summed E-state index contributed by atoms with van der Waals surface area (Å²) in [5, 5.41) is 12.9. The molecule has 1 atom stereocenters. The number of rotatable bonds is 9. The van der Waals surface area contributed by atoms with Crippen molar-refractivity contribution >= 4 is 11.6 Å². The molecular formula is C19H23ClFNO3. The second-order valence-electron chi connectivity index (χ2n) is 5.69. The first kappa shape index (κ1) is 19.5. The maximum atomic E-state index is 13.0. The normalized spacial score (nSPS) is 12.0. The second kappa shape index (κ2) is 9.61. The highest BCUT2D eigenvalue weighted by Gasteiger charge is 2.13. The van der Waals surface area contributed by atoms with E-state index in [-0.39, 0.29) is 25.1 Å². The number of aliphatic hydroxyl groups excluding tert-OH is 1. The monoisotopic (exact) mass is 367 g/mol. The van der Waals surface area contributed by atoms with E-state index in [1.54, 1.807) is 25.3 Å². The van der Waals surface area contributed by atoms with Gasteiger partial charge in [0.2, 0.25) is 0 Å². The molecule has 2 N–H and O–H groups in total. The molecule has 0 aliphatic heterocycles. The van der Waals surface area contributed by atoms with E-state index in [2.05, 4.69) is 5.32 Å². The first-order valence-corrected chi connectivity index (χ1v) is 8.53. The zero-order valence-corrected chi connectivity index (χ0v) is 15.1. The van der Waals surface area contributed by atoms with Crippen LogP contribution in [-0.4, -0.2) is 24.9 Å². The number of hydrogen-bond acceptors (Lipinski definition) is 4. The molecule has 0 radical (unpaired) electrons. The Morgan fingerprint density at radius 1 is 1.20 bits per heavy atom. The maximum absolute atomic E-state index is 13.0. The average Bonchev–Trinajstić information content (AvgIpc) is 2.62. The molecule has 4 nitrogen and oxygen atoms in total. The zero-order chi connectivity index (χ0) is 18.2. The summed E-state index contributed by atoms with van der Waals surface area (Å²) in [6, 6.07) is 9.79. The first-order valence-electron chi connectivity index (χ1n) is 8.15. The molecule has 0 heterocycles. The Morgan fingerprint density at radius 3 is 2.52 bits per heavy atom. The van der Waals surface area contributed by atoms with Gasteiger partial charge in [0.15, 0.2) is 11.5 Å². The van der Waals surface area contributed by atoms with Crippen LogP contribution in [0.2, 0.25) is 5.02 Å². The summed E-state index contributed by atoms with van der Waals surface area (Å²) in [4.78, 5) is 0. The van der Waals surface area contributed by atoms with Gasteiger partial charge >= 0.3 is 0 Å². The van der Waals surface area contributed by atoms with Crippen LogP contribution in [0.15, 0.2) is 36.4 Å². The van der Waals surface area contributed by atoms with Crippen molar-refractivity contribution in [3.8, 4) is 11.5 Å². The standard InChI is InChI=1S/C19H23ClFNO3/c1-3-16(11-23)22-10-14-8-17(20)19(18(9-14)24-2)25-12-13-4-6-15(21)7-5-13/h4-9,16,22-23H,3,10-12H2,1-2H3. The molecule has 0 aromatic heterocycles. The van der Waals surface area contributed by atoms with Crippen molar-refractivity contribution in [3.63, 3.8) is 0 Å². The second-order valence-corrected chi connectivity index (χ2v) is 6.10. The molecule has 0 fully saturated rings. The third-order valence-electron chi connectivity index (χ3n) is 3.89. The molecule has 0 amide bonds. The smallest absolute Gasteiger partial charge is 0.180 e. The highest BCUT2D eigenvalue weighted by atomic mass is 35.5. The minimum atomic E-state index is -0.288. The summed E-state index contributed by atoms with van der Waals surface area (Å²) in [6.07, 6.45) is 0.834. The number of ether oxygens (including phenoxy) is 2. The van der Waals surface area contributed by atoms with Crippen molar-refractivity contribution in [2.75, 3.05) is 13.7 Å². The van der Waals surface area contributed by atoms with Gasteiger partial charge in [-0.1, -0.05) is 30.7 Å². The molecule has 2 aromatic rings. The van der Waals surface area contributed by atoms with E-state index in [9.17, 15) is 9.50 Å². The molecule has 0 aliphatic carbocycles. The fraction of sp³-hybridized carbons (Fsp3) is 0.368. The fourth-order valence-electron chi connectivity index (χ4n) is 2.35. The zero-order valence-electron chi connectivity index (χ0n) is 14.4. The lowest BCUT2D eigenvalue weighted by Crippen LogP contribution is -2.31. The predicted octanol–water partition coefficient (Wildman–Crippen LogP) is 3.93. The van der Waals surface area contributed by atoms with E-state index >= 15 is 0 Å². The molecule has 0 saturated carbocycles. The Labute approximate surface area is 152 Å². The molecule has 0 aliphatic rings. The van der Waals surface area contributed by atoms with E-state index in [1.807, 2.05) is 13.0 Å². The van der Waals surface area contributed by atoms with Crippen molar-refractivity contribution in [1.29, 1.82) is 0 Å². The van der Waals surface area contributed by atoms with Gasteiger partial charge in [0.25, 0.3) is 0 Å². The molecule has 136 valence electrons. The lowest BCUT2D eigenvalue weighted by Gasteiger charge is -2.17. The van der Waals surface area contributed by atoms with Crippen LogP contribution >= 0.6 is 11.6 Å². The van der Waals surface area contributed by atoms with Crippen LogP contribution in [0.3, 0.4) is 0 Å². The summed E-state index contributed by atoms with van der Waals surface area (Å²) in [5.41, 5.74) is 1.77. The van der Waals surface area contributed by atoms with Gasteiger partial charge in [-0.2, -0.15) is 0 Å². The fourth-order valence-corrected chi connectivity index (χ4v) is 2.64. The largest absolute Gasteiger partial charge is 0.493 e. The van der Waals surface area contributed by atoms with Crippen LogP contribution in [0.1, 0.15) is 24.5 Å². The molecule has 2 aromatic carbocycles. The Balaban J connectivity index is 2.09. The third kappa shape index (κ3) is 5.59. The topological polar surface area (TPSA) is 50.7 Å². The van der Waals surface area contributed by atoms with Gasteiger partial charge in [0.1, 0.15) is 12.4 Å². The van der Waals surface area contributed by atoms with Crippen LogP contribution in [0.4, 0.5) is 4.39 Å². The summed E-state index contributed by atoms with van der Waals surface area (Å²) < 4.78 is 24.1. The maximum Gasteiger partial charge on any atom is 0.180 e. The Kier molecular flexibility index (Phi) is 7.50. The highest BCUT2D eigenvalue weighted by Crippen LogP contribution is 2.37. The highest BCUT2D eigenvalue weighted by molar-refractivity contribution is 6.32. The summed E-state index contributed by atoms with van der Waals surface area (Å²) in [7, 11) is 1.55. The molecule has 0 bridgehead atoms. The lowest BCUT2D eigenvalue weighted by molar-refractivity contribution is 0.238. The molecule has 0 spiro atoms. The van der Waals surface area contributed by atoms with Crippen molar-refractivity contribution in [2.24, 2.45) is 0 Å². The number of halogens is 2. The van der Waals surface area contributed by atoms with Crippen LogP contribution in [0, 0.1) is 5.82 Å². The molecule has 1 unspecified atom stereocenters. The Morgan fingerprint density at radius 2 is 1.92 bits per heavy atom. The predicted molar refractivity (Wildman–Crippen MR) is 96.7 cm³/mol. The Hall–Kier alpha value is -1.82. The number of nitrogens with one attached hydrogen (secondary N) is 1. The average molecular weight is 368 g/mol. The molecule has 6 heteroatoms. The quantitative estimate of drug-likeness (QED) is 0.705. The molecule has 2 rings (SSSR count). The number of hydrogen-bond donors (Lipinski definition) is 2. The van der Waals surface area contributed by atoms with Gasteiger partial charge in [0, 0.05) is 12.6 Å². The molecule has 25 heavy (non-hydrogen) atoms. The van der Waals surface area contributed by atoms with E-state index in [0.29, 0.717) is 23.1 Å². The van der Waals surface area contributed by atoms with E-state index < -0.39 is 0 Å². The van der Waals surface area contributed by atoms with Crippen molar-refractivity contribution in [1.82, 2.24) is 5.32 Å². The van der Waals surface area contributed by atoms with Crippen molar-refractivity contribution < 1.29 is 19.0 Å². The van der Waals surface area contributed by atoms with Crippen LogP contribution < -0.4 is 14.8 Å². The number of methoxy groups -OCH3 is 1. The summed E-state index contributed by atoms with van der Waals surface area (Å²) >= 11 is 6.35. The van der Waals surface area contributed by atoms with Crippen LogP contribution in [-0.2, 0) is 13.2 Å². The van der Waals surface area contributed by atoms with E-state index in [1.165, 1.54) is 12.1 Å². The van der Waals surface area contributed by atoms with Gasteiger partial charge in [-0.05, 0) is 41.8 Å². The lowest BCUT2D eigenvalue weighted by atomic mass is 10.1. The van der Waals surface area contributed by atoms with Gasteiger partial charge in [-0.15, -0.1) is 0 Å². The van der Waals surface area contributed by atoms with Crippen LogP contribution in [0.5, 0.6) is 11.5 Å². The Bertz CT molecular complexity index is 675. The van der Waals surface area contributed by atoms with E-state index in [0.717, 1.165) is 17.5 Å². The number of aliphatic hydroxyl groups is 1. The number of benzene rings is 2. The minimum Gasteiger partial charge on any atom is -0.493 e. The summed E-state index contributed by atoms with van der Waals surface area (Å²) in [5.74, 6) is 0.694. The van der Waals surface area contributed by atoms with Gasteiger partial charge < -0.3 is 19.9 Å². The van der Waals surface area contributed by atoms with Gasteiger partial charge in [-0.3, -0.25) is 0 Å². The molecule has 0 saturated heterocycles. The van der Waals surface area contributed by atoms with Crippen molar-refractivity contribution in [3.05, 3.63) is 58.4 Å². The van der Waals surface area contributed by atoms with Gasteiger partial charge in [-0.25, -0.2) is 4.39 Å². The van der Waals surface area contributed by atoms with Gasteiger partial charge in [0.05, 0.1) is 18.7 Å². The molecular weight excluding hydrogens is 345 g/mol. The first-order chi connectivity index (χ1) is 12.1. The van der Waals surface area contributed by atoms with Crippen LogP contribution in [0.25, 0.3) is 0 Å².